The molecule has 1 N–H and O–H groups in total. The van der Waals surface area contributed by atoms with Gasteiger partial charge in [0.05, 0.1) is 18.5 Å². The van der Waals surface area contributed by atoms with Crippen LogP contribution in [0.4, 0.5) is 0 Å². The summed E-state index contributed by atoms with van der Waals surface area (Å²) in [6.07, 6.45) is 4.44. The largest absolute Gasteiger partial charge is 0.477 e. The van der Waals surface area contributed by atoms with Crippen molar-refractivity contribution in [2.45, 2.75) is 53.6 Å². The van der Waals surface area contributed by atoms with Crippen molar-refractivity contribution in [2.24, 2.45) is 5.41 Å². The van der Waals surface area contributed by atoms with Gasteiger partial charge < -0.3 is 10.1 Å². The Morgan fingerprint density at radius 3 is 2.61 bits per heavy atom. The number of aromatic nitrogens is 2. The number of ether oxygens (including phenoxy) is 1. The number of nitrogens with one attached hydrogen (secondary N) is 1. The van der Waals surface area contributed by atoms with Gasteiger partial charge in [-0.3, -0.25) is 4.98 Å². The summed E-state index contributed by atoms with van der Waals surface area (Å²) < 4.78 is 5.63. The molecule has 0 aromatic carbocycles. The van der Waals surface area contributed by atoms with Crippen LogP contribution < -0.4 is 10.1 Å². The minimum Gasteiger partial charge on any atom is -0.477 e. The first-order chi connectivity index (χ1) is 8.37. The minimum atomic E-state index is 0.282. The van der Waals surface area contributed by atoms with E-state index in [0.717, 1.165) is 18.7 Å². The zero-order valence-electron chi connectivity index (χ0n) is 12.2. The molecular formula is C14H25N3O. The second-order valence-corrected chi connectivity index (χ2v) is 6.04. The van der Waals surface area contributed by atoms with Crippen LogP contribution in [0.25, 0.3) is 0 Å². The molecule has 0 radical (unpaired) electrons. The van der Waals surface area contributed by atoms with E-state index in [1.54, 1.807) is 12.4 Å². The lowest BCUT2D eigenvalue weighted by molar-refractivity contribution is 0.235. The van der Waals surface area contributed by atoms with Gasteiger partial charge in [0, 0.05) is 18.8 Å². The van der Waals surface area contributed by atoms with Gasteiger partial charge in [-0.1, -0.05) is 34.6 Å². The van der Waals surface area contributed by atoms with E-state index in [2.05, 4.69) is 49.9 Å². The van der Waals surface area contributed by atoms with E-state index in [-0.39, 0.29) is 5.41 Å². The van der Waals surface area contributed by atoms with Gasteiger partial charge in [0.15, 0.2) is 0 Å². The van der Waals surface area contributed by atoms with E-state index < -0.39 is 0 Å². The lowest BCUT2D eigenvalue weighted by Gasteiger charge is -2.17. The molecule has 0 saturated heterocycles. The van der Waals surface area contributed by atoms with Crippen molar-refractivity contribution in [2.75, 3.05) is 6.61 Å². The Morgan fingerprint density at radius 2 is 2.00 bits per heavy atom. The maximum absolute atomic E-state index is 5.63. The van der Waals surface area contributed by atoms with Crippen molar-refractivity contribution in [1.29, 1.82) is 0 Å². The molecule has 0 spiro atoms. The fourth-order valence-corrected chi connectivity index (χ4v) is 1.31. The molecule has 1 aromatic heterocycles. The van der Waals surface area contributed by atoms with Crippen molar-refractivity contribution < 1.29 is 4.74 Å². The Morgan fingerprint density at radius 1 is 1.28 bits per heavy atom. The van der Waals surface area contributed by atoms with Gasteiger partial charge in [-0.2, -0.15) is 0 Å². The molecule has 0 amide bonds. The first-order valence-corrected chi connectivity index (χ1v) is 6.54. The SMILES string of the molecule is CC(C)NCc1cncc(OCCC(C)(C)C)n1. The molecule has 1 rings (SSSR count). The summed E-state index contributed by atoms with van der Waals surface area (Å²) in [7, 11) is 0. The lowest BCUT2D eigenvalue weighted by Crippen LogP contribution is -2.22. The van der Waals surface area contributed by atoms with Crippen LogP contribution >= 0.6 is 0 Å². The summed E-state index contributed by atoms with van der Waals surface area (Å²) >= 11 is 0. The second kappa shape index (κ2) is 6.69. The van der Waals surface area contributed by atoms with Crippen molar-refractivity contribution in [3.05, 3.63) is 18.1 Å². The predicted octanol–water partition coefficient (Wildman–Crippen LogP) is 2.79. The zero-order chi connectivity index (χ0) is 13.6. The molecule has 1 heterocycles. The molecule has 0 atom stereocenters. The highest BCUT2D eigenvalue weighted by atomic mass is 16.5. The summed E-state index contributed by atoms with van der Waals surface area (Å²) in [6.45, 7) is 12.2. The minimum absolute atomic E-state index is 0.282. The average Bonchev–Trinajstić information content (AvgIpc) is 2.25. The van der Waals surface area contributed by atoms with E-state index in [4.69, 9.17) is 4.74 Å². The van der Waals surface area contributed by atoms with Crippen molar-refractivity contribution in [1.82, 2.24) is 15.3 Å². The summed E-state index contributed by atoms with van der Waals surface area (Å²) in [4.78, 5) is 8.57. The zero-order valence-corrected chi connectivity index (χ0v) is 12.2. The van der Waals surface area contributed by atoms with Crippen LogP contribution in [0, 0.1) is 5.41 Å². The van der Waals surface area contributed by atoms with Crippen LogP contribution in [0.1, 0.15) is 46.7 Å². The van der Waals surface area contributed by atoms with Gasteiger partial charge >= 0.3 is 0 Å². The van der Waals surface area contributed by atoms with Gasteiger partial charge in [0.1, 0.15) is 0 Å². The molecule has 0 unspecified atom stereocenters. The van der Waals surface area contributed by atoms with Crippen LogP contribution in [0.15, 0.2) is 12.4 Å². The van der Waals surface area contributed by atoms with Gasteiger partial charge in [-0.05, 0) is 11.8 Å². The van der Waals surface area contributed by atoms with Crippen molar-refractivity contribution >= 4 is 0 Å². The monoisotopic (exact) mass is 251 g/mol. The molecule has 0 aliphatic heterocycles. The van der Waals surface area contributed by atoms with Gasteiger partial charge in [-0.15, -0.1) is 0 Å². The smallest absolute Gasteiger partial charge is 0.232 e. The lowest BCUT2D eigenvalue weighted by atomic mass is 9.93. The third kappa shape index (κ3) is 6.55. The Kier molecular flexibility index (Phi) is 5.54. The van der Waals surface area contributed by atoms with Gasteiger partial charge in [0.25, 0.3) is 0 Å². The highest BCUT2D eigenvalue weighted by Crippen LogP contribution is 2.18. The highest BCUT2D eigenvalue weighted by molar-refractivity contribution is 5.08. The Labute approximate surface area is 110 Å². The Hall–Kier alpha value is -1.16. The van der Waals surface area contributed by atoms with E-state index >= 15 is 0 Å². The summed E-state index contributed by atoms with van der Waals surface area (Å²) in [5.41, 5.74) is 1.20. The maximum atomic E-state index is 5.63. The van der Waals surface area contributed by atoms with E-state index in [1.165, 1.54) is 0 Å². The summed E-state index contributed by atoms with van der Waals surface area (Å²) in [6, 6.07) is 0.442. The van der Waals surface area contributed by atoms with E-state index in [0.29, 0.717) is 18.5 Å². The third-order valence-corrected chi connectivity index (χ3v) is 2.46. The molecule has 0 bridgehead atoms. The number of hydrogen-bond acceptors (Lipinski definition) is 4. The second-order valence-electron chi connectivity index (χ2n) is 6.04. The Bertz CT molecular complexity index is 358. The third-order valence-electron chi connectivity index (χ3n) is 2.46. The number of hydrogen-bond donors (Lipinski definition) is 1. The Balaban J connectivity index is 2.44. The summed E-state index contributed by atoms with van der Waals surface area (Å²) in [5, 5.41) is 3.31. The molecule has 4 heteroatoms. The molecular weight excluding hydrogens is 226 g/mol. The molecule has 0 aliphatic rings. The summed E-state index contributed by atoms with van der Waals surface area (Å²) in [5.74, 6) is 0.613. The normalized spacial score (nSPS) is 11.9. The quantitative estimate of drug-likeness (QED) is 0.844. The highest BCUT2D eigenvalue weighted by Gasteiger charge is 2.10. The maximum Gasteiger partial charge on any atom is 0.232 e. The molecule has 4 nitrogen and oxygen atoms in total. The van der Waals surface area contributed by atoms with Crippen LogP contribution in [-0.4, -0.2) is 22.6 Å². The van der Waals surface area contributed by atoms with E-state index in [9.17, 15) is 0 Å². The van der Waals surface area contributed by atoms with Crippen LogP contribution in [0.2, 0.25) is 0 Å². The van der Waals surface area contributed by atoms with E-state index in [1.807, 2.05) is 0 Å². The number of rotatable bonds is 6. The van der Waals surface area contributed by atoms with Crippen LogP contribution in [0.3, 0.4) is 0 Å². The van der Waals surface area contributed by atoms with Gasteiger partial charge in [0.2, 0.25) is 5.88 Å². The van der Waals surface area contributed by atoms with Gasteiger partial charge in [-0.25, -0.2) is 4.98 Å². The predicted molar refractivity (Wildman–Crippen MR) is 73.6 cm³/mol. The topological polar surface area (TPSA) is 47.0 Å². The molecule has 0 aliphatic carbocycles. The fourth-order valence-electron chi connectivity index (χ4n) is 1.31. The first-order valence-electron chi connectivity index (χ1n) is 6.54. The molecule has 102 valence electrons. The first kappa shape index (κ1) is 14.9. The molecule has 1 aromatic rings. The average molecular weight is 251 g/mol. The van der Waals surface area contributed by atoms with Crippen molar-refractivity contribution in [3.63, 3.8) is 0 Å². The van der Waals surface area contributed by atoms with Crippen LogP contribution in [0.5, 0.6) is 5.88 Å². The molecule has 0 fully saturated rings. The fraction of sp³-hybridized carbons (Fsp3) is 0.714. The molecule has 0 saturated carbocycles. The standard InChI is InChI=1S/C14H25N3O/c1-11(2)16-9-12-8-15-10-13(17-12)18-7-6-14(3,4)5/h8,10-11,16H,6-7,9H2,1-5H3. The van der Waals surface area contributed by atoms with Crippen LogP contribution in [-0.2, 0) is 6.54 Å². The number of nitrogens with zero attached hydrogens (tertiary/aromatic N) is 2. The van der Waals surface area contributed by atoms with Crippen molar-refractivity contribution in [3.8, 4) is 5.88 Å². The molecule has 18 heavy (non-hydrogen) atoms.